The van der Waals surface area contributed by atoms with Gasteiger partial charge in [-0.25, -0.2) is 8.78 Å². The van der Waals surface area contributed by atoms with Gasteiger partial charge in [-0.1, -0.05) is 13.8 Å². The average molecular weight is 196 g/mol. The fourth-order valence-electron chi connectivity index (χ4n) is 0.679. The van der Waals surface area contributed by atoms with Crippen molar-refractivity contribution in [1.29, 1.82) is 0 Å². The van der Waals surface area contributed by atoms with E-state index in [1.54, 1.807) is 0 Å². The molecule has 0 heterocycles. The predicted molar refractivity (Wildman–Crippen MR) is 40.6 cm³/mol. The Hall–Kier alpha value is -0.870. The van der Waals surface area contributed by atoms with Crippen LogP contribution in [0.5, 0.6) is 0 Å². The Labute approximate surface area is 74.1 Å². The smallest absolute Gasteiger partial charge is 0.232 e. The number of Topliss-reactive ketones (excluding diaryl/α,β-unsaturated/α-hetero) is 1. The Morgan fingerprint density at radius 1 is 1.46 bits per heavy atom. The zero-order chi connectivity index (χ0) is 10.6. The van der Waals surface area contributed by atoms with Gasteiger partial charge in [0, 0.05) is 5.41 Å². The maximum atomic E-state index is 13.0. The molecule has 0 aliphatic carbocycles. The van der Waals surface area contributed by atoms with Crippen LogP contribution in [0.2, 0.25) is 0 Å². The summed E-state index contributed by atoms with van der Waals surface area (Å²) in [5, 5.41) is 0. The summed E-state index contributed by atoms with van der Waals surface area (Å²) in [5.41, 5.74) is -1.59. The Morgan fingerprint density at radius 2 is 1.92 bits per heavy atom. The summed E-state index contributed by atoms with van der Waals surface area (Å²) in [6.45, 7) is 1.19. The molecule has 0 aromatic rings. The SMILES string of the molecule is CC(C)(CF)C(F)C(F)C(=O)C=O. The highest BCUT2D eigenvalue weighted by molar-refractivity contribution is 6.27. The van der Waals surface area contributed by atoms with Gasteiger partial charge in [0.1, 0.15) is 6.17 Å². The van der Waals surface area contributed by atoms with E-state index in [0.29, 0.717) is 0 Å². The molecular weight excluding hydrogens is 185 g/mol. The van der Waals surface area contributed by atoms with E-state index < -0.39 is 30.2 Å². The van der Waals surface area contributed by atoms with Crippen LogP contribution in [0.4, 0.5) is 13.2 Å². The van der Waals surface area contributed by atoms with Gasteiger partial charge in [-0.15, -0.1) is 0 Å². The number of rotatable bonds is 5. The van der Waals surface area contributed by atoms with Crippen molar-refractivity contribution in [2.75, 3.05) is 6.67 Å². The van der Waals surface area contributed by atoms with E-state index in [-0.39, 0.29) is 6.29 Å². The van der Waals surface area contributed by atoms with Crippen molar-refractivity contribution in [2.45, 2.75) is 26.2 Å². The molecule has 0 fully saturated rings. The van der Waals surface area contributed by atoms with Crippen LogP contribution >= 0.6 is 0 Å². The van der Waals surface area contributed by atoms with E-state index in [0.717, 1.165) is 13.8 Å². The van der Waals surface area contributed by atoms with Crippen LogP contribution in [0.1, 0.15) is 13.8 Å². The van der Waals surface area contributed by atoms with Crippen molar-refractivity contribution in [2.24, 2.45) is 5.41 Å². The molecule has 0 aromatic heterocycles. The molecule has 0 aliphatic heterocycles. The summed E-state index contributed by atoms with van der Waals surface area (Å²) in [4.78, 5) is 20.2. The Balaban J connectivity index is 4.50. The van der Waals surface area contributed by atoms with Crippen LogP contribution in [-0.4, -0.2) is 31.1 Å². The lowest BCUT2D eigenvalue weighted by atomic mass is 9.85. The van der Waals surface area contributed by atoms with E-state index in [1.807, 2.05) is 0 Å². The molecule has 0 radical (unpaired) electrons. The van der Waals surface area contributed by atoms with Crippen molar-refractivity contribution in [3.63, 3.8) is 0 Å². The molecule has 0 saturated heterocycles. The molecule has 2 atom stereocenters. The Morgan fingerprint density at radius 3 is 2.23 bits per heavy atom. The van der Waals surface area contributed by atoms with Crippen molar-refractivity contribution >= 4 is 12.1 Å². The summed E-state index contributed by atoms with van der Waals surface area (Å²) >= 11 is 0. The summed E-state index contributed by atoms with van der Waals surface area (Å²) in [6.07, 6.45) is -5.16. The third-order valence-electron chi connectivity index (χ3n) is 1.74. The first kappa shape index (κ1) is 12.1. The maximum Gasteiger partial charge on any atom is 0.232 e. The first-order valence-corrected chi connectivity index (χ1v) is 3.70. The number of halogens is 3. The molecular formula is C8H11F3O2. The molecule has 0 rings (SSSR count). The monoisotopic (exact) mass is 196 g/mol. The fourth-order valence-corrected chi connectivity index (χ4v) is 0.679. The Kier molecular flexibility index (Phi) is 4.10. The van der Waals surface area contributed by atoms with E-state index in [1.165, 1.54) is 0 Å². The van der Waals surface area contributed by atoms with Gasteiger partial charge in [0.2, 0.25) is 5.78 Å². The zero-order valence-electron chi connectivity index (χ0n) is 7.39. The van der Waals surface area contributed by atoms with Crippen LogP contribution in [-0.2, 0) is 9.59 Å². The molecule has 0 saturated carbocycles. The van der Waals surface area contributed by atoms with Crippen LogP contribution in [0.3, 0.4) is 0 Å². The molecule has 76 valence electrons. The minimum Gasteiger partial charge on any atom is -0.294 e. The molecule has 0 bridgehead atoms. The van der Waals surface area contributed by atoms with Crippen molar-refractivity contribution in [1.82, 2.24) is 0 Å². The molecule has 13 heavy (non-hydrogen) atoms. The second-order valence-corrected chi connectivity index (χ2v) is 3.45. The normalized spacial score (nSPS) is 16.4. The largest absolute Gasteiger partial charge is 0.294 e. The van der Waals surface area contributed by atoms with E-state index in [2.05, 4.69) is 0 Å². The summed E-state index contributed by atoms with van der Waals surface area (Å²) in [7, 11) is 0. The zero-order valence-corrected chi connectivity index (χ0v) is 7.39. The van der Waals surface area contributed by atoms with Gasteiger partial charge in [0.15, 0.2) is 12.5 Å². The highest BCUT2D eigenvalue weighted by atomic mass is 19.2. The maximum absolute atomic E-state index is 13.0. The first-order valence-electron chi connectivity index (χ1n) is 3.70. The molecule has 0 N–H and O–H groups in total. The third-order valence-corrected chi connectivity index (χ3v) is 1.74. The predicted octanol–water partition coefficient (Wildman–Crippen LogP) is 1.43. The van der Waals surface area contributed by atoms with Crippen LogP contribution in [0, 0.1) is 5.41 Å². The van der Waals surface area contributed by atoms with Crippen LogP contribution in [0.15, 0.2) is 0 Å². The quantitative estimate of drug-likeness (QED) is 0.492. The van der Waals surface area contributed by atoms with E-state index in [4.69, 9.17) is 0 Å². The number of carbonyl (C=O) groups is 2. The number of aldehydes is 1. The van der Waals surface area contributed by atoms with Crippen LogP contribution < -0.4 is 0 Å². The van der Waals surface area contributed by atoms with Crippen molar-refractivity contribution in [3.8, 4) is 0 Å². The molecule has 0 amide bonds. The lowest BCUT2D eigenvalue weighted by Gasteiger charge is -2.26. The van der Waals surface area contributed by atoms with E-state index >= 15 is 0 Å². The van der Waals surface area contributed by atoms with Gasteiger partial charge in [-0.3, -0.25) is 14.0 Å². The van der Waals surface area contributed by atoms with Gasteiger partial charge in [0.05, 0.1) is 6.67 Å². The van der Waals surface area contributed by atoms with Gasteiger partial charge in [-0.2, -0.15) is 0 Å². The summed E-state index contributed by atoms with van der Waals surface area (Å²) < 4.78 is 37.9. The molecule has 0 aliphatic rings. The molecule has 0 aromatic carbocycles. The molecule has 5 heteroatoms. The molecule has 2 nitrogen and oxygen atoms in total. The standard InChI is InChI=1S/C8H11F3O2/c1-8(2,4-9)7(11)6(10)5(13)3-12/h3,6-7H,4H2,1-2H3. The topological polar surface area (TPSA) is 34.1 Å². The number of alkyl halides is 3. The number of carbonyl (C=O) groups excluding carboxylic acids is 2. The molecule has 2 unspecified atom stereocenters. The molecule has 0 spiro atoms. The second kappa shape index (κ2) is 4.39. The number of hydrogen-bond acceptors (Lipinski definition) is 2. The summed E-state index contributed by atoms with van der Waals surface area (Å²) in [5.74, 6) is -1.49. The van der Waals surface area contributed by atoms with Gasteiger partial charge in [0.25, 0.3) is 0 Å². The fraction of sp³-hybridized carbons (Fsp3) is 0.750. The second-order valence-electron chi connectivity index (χ2n) is 3.45. The first-order chi connectivity index (χ1) is 5.86. The minimum atomic E-state index is -2.57. The van der Waals surface area contributed by atoms with Gasteiger partial charge >= 0.3 is 0 Å². The lowest BCUT2D eigenvalue weighted by molar-refractivity contribution is -0.136. The van der Waals surface area contributed by atoms with Gasteiger partial charge < -0.3 is 0 Å². The highest BCUT2D eigenvalue weighted by Gasteiger charge is 2.40. The average Bonchev–Trinajstić information content (AvgIpc) is 2.14. The van der Waals surface area contributed by atoms with Gasteiger partial charge in [-0.05, 0) is 0 Å². The van der Waals surface area contributed by atoms with Crippen molar-refractivity contribution < 1.29 is 22.8 Å². The Bertz CT molecular complexity index is 204. The number of hydrogen-bond donors (Lipinski definition) is 0. The van der Waals surface area contributed by atoms with E-state index in [9.17, 15) is 22.8 Å². The summed E-state index contributed by atoms with van der Waals surface area (Å²) in [6, 6.07) is 0. The highest BCUT2D eigenvalue weighted by Crippen LogP contribution is 2.28. The third kappa shape index (κ3) is 2.82. The lowest BCUT2D eigenvalue weighted by Crippen LogP contribution is -2.40. The van der Waals surface area contributed by atoms with Crippen molar-refractivity contribution in [3.05, 3.63) is 0 Å². The number of ketones is 1. The minimum absolute atomic E-state index is 0.300. The van der Waals surface area contributed by atoms with Crippen LogP contribution in [0.25, 0.3) is 0 Å².